The van der Waals surface area contributed by atoms with Crippen molar-refractivity contribution in [2.45, 2.75) is 0 Å². The minimum absolute atomic E-state index is 0.105. The van der Waals surface area contributed by atoms with Gasteiger partial charge in [0.1, 0.15) is 19.8 Å². The number of aliphatic carboxylic acids is 1. The zero-order valence-corrected chi connectivity index (χ0v) is 13.1. The second kappa shape index (κ2) is 15.2. The van der Waals surface area contributed by atoms with Crippen LogP contribution in [-0.2, 0) is 38.1 Å². The maximum atomic E-state index is 11.2. The molecule has 2 N–H and O–H groups in total. The fourth-order valence-corrected chi connectivity index (χ4v) is 1.20. The Morgan fingerprint density at radius 3 is 2.04 bits per heavy atom. The number of amides is 1. The Balaban J connectivity index is 3.19. The van der Waals surface area contributed by atoms with E-state index >= 15 is 0 Å². The third-order valence-corrected chi connectivity index (χ3v) is 2.22. The number of carboxylic acids is 1. The lowest BCUT2D eigenvalue weighted by atomic mass is 10.6. The first-order valence-electron chi connectivity index (χ1n) is 6.92. The molecule has 0 aliphatic heterocycles. The molecule has 0 saturated heterocycles. The van der Waals surface area contributed by atoms with Crippen molar-refractivity contribution < 1.29 is 43.2 Å². The van der Waals surface area contributed by atoms with Crippen molar-refractivity contribution in [2.75, 3.05) is 66.5 Å². The van der Waals surface area contributed by atoms with Gasteiger partial charge in [-0.2, -0.15) is 0 Å². The number of ether oxygens (including phenoxy) is 5. The second-order valence-corrected chi connectivity index (χ2v) is 4.09. The van der Waals surface area contributed by atoms with Gasteiger partial charge in [0, 0.05) is 6.54 Å². The van der Waals surface area contributed by atoms with Gasteiger partial charge in [0.15, 0.2) is 0 Å². The smallest absolute Gasteiger partial charge is 0.331 e. The van der Waals surface area contributed by atoms with Gasteiger partial charge in [0.25, 0.3) is 0 Å². The van der Waals surface area contributed by atoms with E-state index in [-0.39, 0.29) is 26.4 Å². The van der Waals surface area contributed by atoms with E-state index in [1.54, 1.807) is 0 Å². The number of carboxylic acid groups (broad SMARTS) is 1. The molecule has 0 heterocycles. The lowest BCUT2D eigenvalue weighted by molar-refractivity contribution is -0.146. The topological polar surface area (TPSA) is 130 Å². The number of nitrogens with one attached hydrogen (secondary N) is 1. The molecule has 0 bridgehead atoms. The number of esters is 1. The van der Waals surface area contributed by atoms with Crippen molar-refractivity contribution in [3.05, 3.63) is 0 Å². The molecule has 0 aliphatic rings. The second-order valence-electron chi connectivity index (χ2n) is 4.09. The van der Waals surface area contributed by atoms with Crippen LogP contribution >= 0.6 is 0 Å². The standard InChI is InChI=1S/C13H23NO9/c1-19-13(18)10-22-7-6-21-5-4-20-3-2-14-11(15)8-23-9-12(16)17/h2-10H2,1H3,(H,14,15)(H,16,17). The molecule has 0 spiro atoms. The quantitative estimate of drug-likeness (QED) is 0.269. The highest BCUT2D eigenvalue weighted by molar-refractivity contribution is 5.77. The summed E-state index contributed by atoms with van der Waals surface area (Å²) in [6.45, 7) is 0.987. The molecule has 0 unspecified atom stereocenters. The molecule has 0 aromatic rings. The minimum atomic E-state index is -1.13. The predicted octanol–water partition coefficient (Wildman–Crippen LogP) is -1.57. The van der Waals surface area contributed by atoms with Gasteiger partial charge in [-0.15, -0.1) is 0 Å². The van der Waals surface area contributed by atoms with Crippen LogP contribution in [0, 0.1) is 0 Å². The summed E-state index contributed by atoms with van der Waals surface area (Å²) >= 11 is 0. The monoisotopic (exact) mass is 337 g/mol. The van der Waals surface area contributed by atoms with Gasteiger partial charge in [-0.05, 0) is 0 Å². The molecule has 0 aromatic heterocycles. The number of hydrogen-bond acceptors (Lipinski definition) is 8. The summed E-state index contributed by atoms with van der Waals surface area (Å²) in [6, 6.07) is 0. The molecule has 0 atom stereocenters. The van der Waals surface area contributed by atoms with Crippen LogP contribution in [-0.4, -0.2) is 89.5 Å². The molecule has 10 heteroatoms. The molecular weight excluding hydrogens is 314 g/mol. The van der Waals surface area contributed by atoms with Gasteiger partial charge in [0.05, 0.1) is 40.1 Å². The Labute approximate surface area is 134 Å². The maximum absolute atomic E-state index is 11.2. The van der Waals surface area contributed by atoms with Gasteiger partial charge in [-0.25, -0.2) is 9.59 Å². The number of carbonyl (C=O) groups excluding carboxylic acids is 2. The van der Waals surface area contributed by atoms with E-state index in [4.69, 9.17) is 19.3 Å². The fourth-order valence-electron chi connectivity index (χ4n) is 1.20. The van der Waals surface area contributed by atoms with Crippen molar-refractivity contribution in [2.24, 2.45) is 0 Å². The van der Waals surface area contributed by atoms with Crippen LogP contribution in [0.25, 0.3) is 0 Å². The molecule has 0 saturated carbocycles. The van der Waals surface area contributed by atoms with E-state index in [0.717, 1.165) is 0 Å². The minimum Gasteiger partial charge on any atom is -0.480 e. The van der Waals surface area contributed by atoms with E-state index in [1.807, 2.05) is 0 Å². The zero-order valence-electron chi connectivity index (χ0n) is 13.1. The third kappa shape index (κ3) is 16.4. The van der Waals surface area contributed by atoms with Gasteiger partial charge in [0.2, 0.25) is 5.91 Å². The summed E-state index contributed by atoms with van der Waals surface area (Å²) in [6.07, 6.45) is 0. The van der Waals surface area contributed by atoms with Crippen LogP contribution in [0.3, 0.4) is 0 Å². The molecule has 0 fully saturated rings. The Morgan fingerprint density at radius 2 is 1.43 bits per heavy atom. The first-order valence-corrected chi connectivity index (χ1v) is 6.92. The van der Waals surface area contributed by atoms with E-state index in [0.29, 0.717) is 26.4 Å². The van der Waals surface area contributed by atoms with Gasteiger partial charge in [-0.1, -0.05) is 0 Å². The van der Waals surface area contributed by atoms with Crippen molar-refractivity contribution in [1.29, 1.82) is 0 Å². The maximum Gasteiger partial charge on any atom is 0.331 e. The first-order chi connectivity index (χ1) is 11.1. The van der Waals surface area contributed by atoms with E-state index in [1.165, 1.54) is 7.11 Å². The highest BCUT2D eigenvalue weighted by Crippen LogP contribution is 1.83. The van der Waals surface area contributed by atoms with Crippen LogP contribution in [0.15, 0.2) is 0 Å². The summed E-state index contributed by atoms with van der Waals surface area (Å²) in [7, 11) is 1.28. The zero-order chi connectivity index (χ0) is 17.3. The predicted molar refractivity (Wildman–Crippen MR) is 75.9 cm³/mol. The SMILES string of the molecule is COC(=O)COCCOCCOCCNC(=O)COCC(=O)O. The van der Waals surface area contributed by atoms with E-state index in [2.05, 4.69) is 14.8 Å². The molecule has 0 aliphatic carbocycles. The van der Waals surface area contributed by atoms with Crippen LogP contribution < -0.4 is 5.32 Å². The van der Waals surface area contributed by atoms with Gasteiger partial charge in [-0.3, -0.25) is 4.79 Å². The van der Waals surface area contributed by atoms with Crippen molar-refractivity contribution in [3.8, 4) is 0 Å². The normalized spacial score (nSPS) is 10.3. The summed E-state index contributed by atoms with van der Waals surface area (Å²) < 4.78 is 24.4. The summed E-state index contributed by atoms with van der Waals surface area (Å²) in [4.78, 5) is 32.0. The number of hydrogen-bond donors (Lipinski definition) is 2. The van der Waals surface area contributed by atoms with Gasteiger partial charge < -0.3 is 34.1 Å². The average Bonchev–Trinajstić information content (AvgIpc) is 2.51. The molecule has 0 rings (SSSR count). The number of rotatable bonds is 15. The van der Waals surface area contributed by atoms with E-state index < -0.39 is 24.5 Å². The van der Waals surface area contributed by atoms with Crippen LogP contribution in [0.4, 0.5) is 0 Å². The average molecular weight is 337 g/mol. The third-order valence-electron chi connectivity index (χ3n) is 2.22. The molecule has 10 nitrogen and oxygen atoms in total. The Kier molecular flexibility index (Phi) is 14.0. The van der Waals surface area contributed by atoms with Gasteiger partial charge >= 0.3 is 11.9 Å². The van der Waals surface area contributed by atoms with Crippen molar-refractivity contribution in [3.63, 3.8) is 0 Å². The van der Waals surface area contributed by atoms with Crippen LogP contribution in [0.2, 0.25) is 0 Å². The van der Waals surface area contributed by atoms with Crippen LogP contribution in [0.1, 0.15) is 0 Å². The largest absolute Gasteiger partial charge is 0.480 e. The molecule has 0 radical (unpaired) electrons. The number of carbonyl (C=O) groups is 3. The summed E-state index contributed by atoms with van der Waals surface area (Å²) in [5.41, 5.74) is 0. The molecule has 0 aromatic carbocycles. The summed E-state index contributed by atoms with van der Waals surface area (Å²) in [5, 5.41) is 10.8. The van der Waals surface area contributed by atoms with Crippen LogP contribution in [0.5, 0.6) is 0 Å². The molecule has 1 amide bonds. The van der Waals surface area contributed by atoms with Crippen molar-refractivity contribution >= 4 is 17.8 Å². The first kappa shape index (κ1) is 21.2. The summed E-state index contributed by atoms with van der Waals surface area (Å²) in [5.74, 6) is -1.98. The lowest BCUT2D eigenvalue weighted by Gasteiger charge is -2.07. The van der Waals surface area contributed by atoms with E-state index in [9.17, 15) is 14.4 Å². The Hall–Kier alpha value is -1.75. The molecule has 23 heavy (non-hydrogen) atoms. The molecular formula is C13H23NO9. The highest BCUT2D eigenvalue weighted by atomic mass is 16.6. The Bertz CT molecular complexity index is 348. The highest BCUT2D eigenvalue weighted by Gasteiger charge is 2.03. The number of methoxy groups -OCH3 is 1. The van der Waals surface area contributed by atoms with Crippen molar-refractivity contribution in [1.82, 2.24) is 5.32 Å². The fraction of sp³-hybridized carbons (Fsp3) is 0.769. The Morgan fingerprint density at radius 1 is 0.826 bits per heavy atom. The lowest BCUT2D eigenvalue weighted by Crippen LogP contribution is -2.31. The molecule has 134 valence electrons.